The SMILES string of the molecule is Cc1ccc(N2CCCS2(=O)=O)cc1NC(=O)CCc1cccc(Cl)c1. The first-order valence-electron chi connectivity index (χ1n) is 8.50. The second kappa shape index (κ2) is 7.68. The quantitative estimate of drug-likeness (QED) is 0.842. The molecule has 0 bridgehead atoms. The zero-order chi connectivity index (χ0) is 18.7. The minimum absolute atomic E-state index is 0.116. The Hall–Kier alpha value is -2.05. The van der Waals surface area contributed by atoms with E-state index in [1.165, 1.54) is 4.31 Å². The van der Waals surface area contributed by atoms with Gasteiger partial charge in [0.05, 0.1) is 11.4 Å². The summed E-state index contributed by atoms with van der Waals surface area (Å²) < 4.78 is 25.6. The zero-order valence-electron chi connectivity index (χ0n) is 14.5. The minimum Gasteiger partial charge on any atom is -0.326 e. The molecule has 138 valence electrons. The summed E-state index contributed by atoms with van der Waals surface area (Å²) in [4.78, 5) is 12.3. The molecule has 0 aliphatic carbocycles. The molecule has 0 atom stereocenters. The van der Waals surface area contributed by atoms with Gasteiger partial charge in [0.2, 0.25) is 15.9 Å². The fourth-order valence-electron chi connectivity index (χ4n) is 2.99. The van der Waals surface area contributed by atoms with Gasteiger partial charge in [0.1, 0.15) is 0 Å². The molecule has 1 aliphatic rings. The summed E-state index contributed by atoms with van der Waals surface area (Å²) in [6.07, 6.45) is 1.54. The van der Waals surface area contributed by atoms with Gasteiger partial charge in [-0.15, -0.1) is 0 Å². The third-order valence-electron chi connectivity index (χ3n) is 4.41. The normalized spacial score (nSPS) is 15.8. The Kier molecular flexibility index (Phi) is 5.53. The van der Waals surface area contributed by atoms with E-state index in [-0.39, 0.29) is 11.7 Å². The highest BCUT2D eigenvalue weighted by Gasteiger charge is 2.28. The van der Waals surface area contributed by atoms with Gasteiger partial charge in [0.25, 0.3) is 0 Å². The Morgan fingerprint density at radius 2 is 2.04 bits per heavy atom. The number of nitrogens with one attached hydrogen (secondary N) is 1. The fraction of sp³-hybridized carbons (Fsp3) is 0.316. The second-order valence-corrected chi connectivity index (χ2v) is 8.87. The van der Waals surface area contributed by atoms with Crippen LogP contribution in [0.2, 0.25) is 5.02 Å². The average molecular weight is 393 g/mol. The lowest BCUT2D eigenvalue weighted by molar-refractivity contribution is -0.116. The van der Waals surface area contributed by atoms with Gasteiger partial charge in [-0.1, -0.05) is 29.8 Å². The molecular formula is C19H21ClN2O3S. The van der Waals surface area contributed by atoms with Gasteiger partial charge in [-0.3, -0.25) is 9.10 Å². The molecule has 1 aliphatic heterocycles. The summed E-state index contributed by atoms with van der Waals surface area (Å²) in [5.74, 6) is 0.0527. The maximum atomic E-state index is 12.3. The van der Waals surface area contributed by atoms with Gasteiger partial charge in [-0.2, -0.15) is 0 Å². The Labute approximate surface area is 159 Å². The lowest BCUT2D eigenvalue weighted by Gasteiger charge is -2.19. The topological polar surface area (TPSA) is 66.5 Å². The number of carbonyl (C=O) groups excluding carboxylic acids is 1. The van der Waals surface area contributed by atoms with Crippen LogP contribution in [0.25, 0.3) is 0 Å². The van der Waals surface area contributed by atoms with Crippen molar-refractivity contribution in [2.75, 3.05) is 21.9 Å². The van der Waals surface area contributed by atoms with Crippen LogP contribution in [0.15, 0.2) is 42.5 Å². The van der Waals surface area contributed by atoms with E-state index in [0.717, 1.165) is 11.1 Å². The first-order valence-corrected chi connectivity index (χ1v) is 10.5. The van der Waals surface area contributed by atoms with Gasteiger partial charge in [0.15, 0.2) is 0 Å². The van der Waals surface area contributed by atoms with Crippen LogP contribution in [0.4, 0.5) is 11.4 Å². The highest BCUT2D eigenvalue weighted by molar-refractivity contribution is 7.93. The Morgan fingerprint density at radius 3 is 2.73 bits per heavy atom. The molecule has 0 spiro atoms. The first kappa shape index (κ1) is 18.7. The molecule has 1 N–H and O–H groups in total. The number of anilines is 2. The molecule has 0 radical (unpaired) electrons. The number of nitrogens with zero attached hydrogens (tertiary/aromatic N) is 1. The Morgan fingerprint density at radius 1 is 1.23 bits per heavy atom. The van der Waals surface area contributed by atoms with E-state index in [1.54, 1.807) is 18.2 Å². The van der Waals surface area contributed by atoms with E-state index in [1.807, 2.05) is 31.2 Å². The molecule has 0 aromatic heterocycles. The van der Waals surface area contributed by atoms with Crippen LogP contribution in [-0.4, -0.2) is 26.6 Å². The molecule has 0 saturated carbocycles. The standard InChI is InChI=1S/C19H21ClN2O3S/c1-14-6-8-17(22-10-3-11-26(22,24)25)13-18(14)21-19(23)9-7-15-4-2-5-16(20)12-15/h2,4-6,8,12-13H,3,7,9-11H2,1H3,(H,21,23). The maximum Gasteiger partial charge on any atom is 0.235 e. The van der Waals surface area contributed by atoms with Crippen LogP contribution in [0.5, 0.6) is 0 Å². The molecule has 1 amide bonds. The molecule has 5 nitrogen and oxygen atoms in total. The van der Waals surface area contributed by atoms with E-state index < -0.39 is 10.0 Å². The summed E-state index contributed by atoms with van der Waals surface area (Å²) >= 11 is 5.96. The molecule has 7 heteroatoms. The lowest BCUT2D eigenvalue weighted by Crippen LogP contribution is -2.25. The first-order chi connectivity index (χ1) is 12.3. The van der Waals surface area contributed by atoms with E-state index >= 15 is 0 Å². The monoisotopic (exact) mass is 392 g/mol. The van der Waals surface area contributed by atoms with Crippen molar-refractivity contribution in [2.45, 2.75) is 26.2 Å². The number of halogens is 1. The highest BCUT2D eigenvalue weighted by atomic mass is 35.5. The molecule has 1 fully saturated rings. The average Bonchev–Trinajstić information content (AvgIpc) is 2.94. The predicted octanol–water partition coefficient (Wildman–Crippen LogP) is 3.76. The van der Waals surface area contributed by atoms with Crippen molar-refractivity contribution in [1.82, 2.24) is 0 Å². The van der Waals surface area contributed by atoms with E-state index in [9.17, 15) is 13.2 Å². The summed E-state index contributed by atoms with van der Waals surface area (Å²) in [5.41, 5.74) is 3.13. The van der Waals surface area contributed by atoms with Gasteiger partial charge in [0, 0.05) is 23.7 Å². The minimum atomic E-state index is -3.24. The van der Waals surface area contributed by atoms with Crippen LogP contribution < -0.4 is 9.62 Å². The highest BCUT2D eigenvalue weighted by Crippen LogP contribution is 2.28. The van der Waals surface area contributed by atoms with Crippen molar-refractivity contribution in [3.05, 3.63) is 58.6 Å². The number of rotatable bonds is 5. The van der Waals surface area contributed by atoms with Gasteiger partial charge >= 0.3 is 0 Å². The molecule has 2 aromatic carbocycles. The fourth-order valence-corrected chi connectivity index (χ4v) is 4.76. The third-order valence-corrected chi connectivity index (χ3v) is 6.52. The molecule has 1 heterocycles. The van der Waals surface area contributed by atoms with Crippen molar-refractivity contribution >= 4 is 38.9 Å². The van der Waals surface area contributed by atoms with E-state index in [2.05, 4.69) is 5.32 Å². The van der Waals surface area contributed by atoms with Gasteiger partial charge in [-0.25, -0.2) is 8.42 Å². The Balaban J connectivity index is 1.69. The van der Waals surface area contributed by atoms with Crippen molar-refractivity contribution in [1.29, 1.82) is 0 Å². The van der Waals surface area contributed by atoms with Crippen molar-refractivity contribution in [2.24, 2.45) is 0 Å². The van der Waals surface area contributed by atoms with Gasteiger partial charge in [-0.05, 0) is 55.2 Å². The number of amides is 1. The molecular weight excluding hydrogens is 372 g/mol. The molecule has 26 heavy (non-hydrogen) atoms. The number of carbonyl (C=O) groups is 1. The number of sulfonamides is 1. The summed E-state index contributed by atoms with van der Waals surface area (Å²) in [6.45, 7) is 2.36. The van der Waals surface area contributed by atoms with Crippen LogP contribution >= 0.6 is 11.6 Å². The smallest absolute Gasteiger partial charge is 0.235 e. The molecule has 1 saturated heterocycles. The molecule has 0 unspecified atom stereocenters. The van der Waals surface area contributed by atoms with Crippen LogP contribution in [-0.2, 0) is 21.2 Å². The lowest BCUT2D eigenvalue weighted by atomic mass is 10.1. The summed E-state index contributed by atoms with van der Waals surface area (Å²) in [7, 11) is -3.24. The summed E-state index contributed by atoms with van der Waals surface area (Å²) in [6, 6.07) is 12.8. The number of benzene rings is 2. The zero-order valence-corrected chi connectivity index (χ0v) is 16.1. The molecule has 3 rings (SSSR count). The van der Waals surface area contributed by atoms with E-state index in [0.29, 0.717) is 42.2 Å². The largest absolute Gasteiger partial charge is 0.326 e. The van der Waals surface area contributed by atoms with E-state index in [4.69, 9.17) is 11.6 Å². The summed E-state index contributed by atoms with van der Waals surface area (Å²) in [5, 5.41) is 3.54. The Bertz CT molecular complexity index is 928. The maximum absolute atomic E-state index is 12.3. The predicted molar refractivity (Wildman–Crippen MR) is 105 cm³/mol. The number of hydrogen-bond donors (Lipinski definition) is 1. The number of hydrogen-bond acceptors (Lipinski definition) is 3. The van der Waals surface area contributed by atoms with Crippen molar-refractivity contribution in [3.8, 4) is 0 Å². The van der Waals surface area contributed by atoms with Crippen LogP contribution in [0.1, 0.15) is 24.0 Å². The van der Waals surface area contributed by atoms with Crippen LogP contribution in [0, 0.1) is 6.92 Å². The number of aryl methyl sites for hydroxylation is 2. The third kappa shape index (κ3) is 4.37. The van der Waals surface area contributed by atoms with Gasteiger partial charge < -0.3 is 5.32 Å². The molecule has 2 aromatic rings. The van der Waals surface area contributed by atoms with Crippen LogP contribution in [0.3, 0.4) is 0 Å². The van der Waals surface area contributed by atoms with Crippen molar-refractivity contribution in [3.63, 3.8) is 0 Å². The van der Waals surface area contributed by atoms with Crippen molar-refractivity contribution < 1.29 is 13.2 Å². The second-order valence-electron chi connectivity index (χ2n) is 6.42.